The van der Waals surface area contributed by atoms with E-state index in [2.05, 4.69) is 5.32 Å². The van der Waals surface area contributed by atoms with E-state index >= 15 is 0 Å². The van der Waals surface area contributed by atoms with Crippen molar-refractivity contribution in [1.29, 1.82) is 0 Å². The quantitative estimate of drug-likeness (QED) is 0.773. The maximum absolute atomic E-state index is 12.9. The molecule has 0 aromatic heterocycles. The third-order valence-electron chi connectivity index (χ3n) is 4.31. The van der Waals surface area contributed by atoms with Gasteiger partial charge >= 0.3 is 0 Å². The SMILES string of the molecule is CSCCC(NC(=O)c1ccc(Cl)cc1Cl)C(=O)N1CCCCCC1. The Morgan fingerprint density at radius 1 is 1.20 bits per heavy atom. The normalized spacial score (nSPS) is 16.2. The molecule has 0 spiro atoms. The second-order valence-corrected chi connectivity index (χ2v) is 8.00. The molecule has 1 unspecified atom stereocenters. The molecule has 138 valence electrons. The van der Waals surface area contributed by atoms with Gasteiger partial charge in [0.15, 0.2) is 0 Å². The first-order valence-electron chi connectivity index (χ1n) is 8.56. The summed E-state index contributed by atoms with van der Waals surface area (Å²) >= 11 is 13.7. The van der Waals surface area contributed by atoms with Gasteiger partial charge in [-0.25, -0.2) is 0 Å². The van der Waals surface area contributed by atoms with Crippen LogP contribution in [0.2, 0.25) is 10.0 Å². The van der Waals surface area contributed by atoms with Crippen LogP contribution in [0.25, 0.3) is 0 Å². The van der Waals surface area contributed by atoms with Gasteiger partial charge in [0, 0.05) is 18.1 Å². The molecule has 2 rings (SSSR count). The van der Waals surface area contributed by atoms with Crippen molar-refractivity contribution in [1.82, 2.24) is 10.2 Å². The van der Waals surface area contributed by atoms with Crippen LogP contribution in [-0.2, 0) is 4.79 Å². The minimum atomic E-state index is -0.523. The number of amides is 2. The van der Waals surface area contributed by atoms with Crippen LogP contribution in [0.3, 0.4) is 0 Å². The van der Waals surface area contributed by atoms with E-state index < -0.39 is 6.04 Å². The first-order valence-corrected chi connectivity index (χ1v) is 10.7. The lowest BCUT2D eigenvalue weighted by Crippen LogP contribution is -2.49. The molecule has 1 fully saturated rings. The molecule has 1 aromatic carbocycles. The number of carbonyl (C=O) groups is 2. The third-order valence-corrected chi connectivity index (χ3v) is 5.50. The number of thioether (sulfide) groups is 1. The number of nitrogens with zero attached hydrogens (tertiary/aromatic N) is 1. The van der Waals surface area contributed by atoms with Gasteiger partial charge in [-0.1, -0.05) is 36.0 Å². The monoisotopic (exact) mass is 402 g/mol. The van der Waals surface area contributed by atoms with Crippen molar-refractivity contribution in [3.05, 3.63) is 33.8 Å². The number of benzene rings is 1. The number of hydrogen-bond acceptors (Lipinski definition) is 3. The van der Waals surface area contributed by atoms with E-state index in [1.165, 1.54) is 6.07 Å². The highest BCUT2D eigenvalue weighted by molar-refractivity contribution is 7.98. The van der Waals surface area contributed by atoms with Crippen LogP contribution in [-0.4, -0.2) is 47.9 Å². The van der Waals surface area contributed by atoms with Gasteiger partial charge in [0.05, 0.1) is 10.6 Å². The first-order chi connectivity index (χ1) is 12.0. The molecule has 7 heteroatoms. The van der Waals surface area contributed by atoms with Crippen molar-refractivity contribution in [2.24, 2.45) is 0 Å². The highest BCUT2D eigenvalue weighted by atomic mass is 35.5. The summed E-state index contributed by atoms with van der Waals surface area (Å²) in [7, 11) is 0. The van der Waals surface area contributed by atoms with E-state index in [1.54, 1.807) is 23.9 Å². The molecule has 0 saturated carbocycles. The average molecular weight is 403 g/mol. The van der Waals surface area contributed by atoms with Gasteiger partial charge in [0.2, 0.25) is 5.91 Å². The van der Waals surface area contributed by atoms with Crippen LogP contribution >= 0.6 is 35.0 Å². The summed E-state index contributed by atoms with van der Waals surface area (Å²) < 4.78 is 0. The van der Waals surface area contributed by atoms with Crippen LogP contribution in [0.5, 0.6) is 0 Å². The third kappa shape index (κ3) is 6.08. The summed E-state index contributed by atoms with van der Waals surface area (Å²) in [6, 6.07) is 4.22. The number of nitrogens with one attached hydrogen (secondary N) is 1. The molecule has 0 aliphatic carbocycles. The summed E-state index contributed by atoms with van der Waals surface area (Å²) in [5, 5.41) is 3.64. The zero-order valence-corrected chi connectivity index (χ0v) is 16.7. The Hall–Kier alpha value is -0.910. The van der Waals surface area contributed by atoms with Crippen molar-refractivity contribution >= 4 is 46.8 Å². The first kappa shape index (κ1) is 20.4. The molecule has 1 saturated heterocycles. The fourth-order valence-corrected chi connectivity index (χ4v) is 3.88. The molecule has 1 heterocycles. The summed E-state index contributed by atoms with van der Waals surface area (Å²) in [5.74, 6) is 0.476. The molecular weight excluding hydrogens is 379 g/mol. The van der Waals surface area contributed by atoms with Gasteiger partial charge in [-0.05, 0) is 49.5 Å². The molecule has 1 N–H and O–H groups in total. The van der Waals surface area contributed by atoms with Crippen molar-refractivity contribution in [2.45, 2.75) is 38.1 Å². The van der Waals surface area contributed by atoms with E-state index in [9.17, 15) is 9.59 Å². The zero-order chi connectivity index (χ0) is 18.2. The van der Waals surface area contributed by atoms with Gasteiger partial charge < -0.3 is 10.2 Å². The topological polar surface area (TPSA) is 49.4 Å². The highest BCUT2D eigenvalue weighted by Crippen LogP contribution is 2.21. The van der Waals surface area contributed by atoms with Gasteiger partial charge in [0.25, 0.3) is 5.91 Å². The van der Waals surface area contributed by atoms with Crippen LogP contribution in [0.15, 0.2) is 18.2 Å². The molecule has 0 bridgehead atoms. The van der Waals surface area contributed by atoms with Gasteiger partial charge in [0.1, 0.15) is 6.04 Å². The van der Waals surface area contributed by atoms with Crippen molar-refractivity contribution in [3.8, 4) is 0 Å². The Bertz CT molecular complexity index is 605. The lowest BCUT2D eigenvalue weighted by molar-refractivity contribution is -0.133. The van der Waals surface area contributed by atoms with E-state index in [0.717, 1.165) is 44.5 Å². The Labute approximate surface area is 163 Å². The Balaban J connectivity index is 2.10. The summed E-state index contributed by atoms with van der Waals surface area (Å²) in [6.45, 7) is 1.54. The minimum absolute atomic E-state index is 0.00869. The molecule has 1 aliphatic heterocycles. The standard InChI is InChI=1S/C18H24Cl2N2O2S/c1-25-11-8-16(18(24)22-9-4-2-3-5-10-22)21-17(23)14-7-6-13(19)12-15(14)20/h6-7,12,16H,2-5,8-11H2,1H3,(H,21,23). The molecule has 1 atom stereocenters. The highest BCUT2D eigenvalue weighted by Gasteiger charge is 2.27. The van der Waals surface area contributed by atoms with E-state index in [1.807, 2.05) is 11.2 Å². The van der Waals surface area contributed by atoms with Gasteiger partial charge in [-0.15, -0.1) is 0 Å². The maximum atomic E-state index is 12.9. The smallest absolute Gasteiger partial charge is 0.253 e. The number of rotatable bonds is 6. The van der Waals surface area contributed by atoms with Gasteiger partial charge in [-0.2, -0.15) is 11.8 Å². The maximum Gasteiger partial charge on any atom is 0.253 e. The molecule has 4 nitrogen and oxygen atoms in total. The lowest BCUT2D eigenvalue weighted by Gasteiger charge is -2.27. The van der Waals surface area contributed by atoms with Crippen LogP contribution in [0.1, 0.15) is 42.5 Å². The van der Waals surface area contributed by atoms with Crippen LogP contribution < -0.4 is 5.32 Å². The van der Waals surface area contributed by atoms with Crippen LogP contribution in [0, 0.1) is 0 Å². The van der Waals surface area contributed by atoms with E-state index in [-0.39, 0.29) is 16.8 Å². The largest absolute Gasteiger partial charge is 0.341 e. The van der Waals surface area contributed by atoms with Crippen molar-refractivity contribution in [2.75, 3.05) is 25.1 Å². The second-order valence-electron chi connectivity index (χ2n) is 6.17. The number of likely N-dealkylation sites (tertiary alicyclic amines) is 1. The van der Waals surface area contributed by atoms with E-state index in [4.69, 9.17) is 23.2 Å². The fourth-order valence-electron chi connectivity index (χ4n) is 2.91. The average Bonchev–Trinajstić information content (AvgIpc) is 2.87. The number of carbonyl (C=O) groups excluding carboxylic acids is 2. The van der Waals surface area contributed by atoms with Crippen molar-refractivity contribution < 1.29 is 9.59 Å². The zero-order valence-electron chi connectivity index (χ0n) is 14.4. The van der Waals surface area contributed by atoms with Gasteiger partial charge in [-0.3, -0.25) is 9.59 Å². The van der Waals surface area contributed by atoms with E-state index in [0.29, 0.717) is 17.0 Å². The number of hydrogen-bond donors (Lipinski definition) is 1. The summed E-state index contributed by atoms with van der Waals surface area (Å²) in [5.41, 5.74) is 0.337. The molecule has 0 radical (unpaired) electrons. The molecule has 2 amide bonds. The Morgan fingerprint density at radius 2 is 1.88 bits per heavy atom. The molecule has 1 aromatic rings. The van der Waals surface area contributed by atoms with Crippen LogP contribution in [0.4, 0.5) is 0 Å². The Morgan fingerprint density at radius 3 is 2.48 bits per heavy atom. The second kappa shape index (κ2) is 10.3. The Kier molecular flexibility index (Phi) is 8.40. The predicted molar refractivity (Wildman–Crippen MR) is 106 cm³/mol. The predicted octanol–water partition coefficient (Wildman–Crippen LogP) is 4.25. The lowest BCUT2D eigenvalue weighted by atomic mass is 10.1. The molecule has 25 heavy (non-hydrogen) atoms. The number of halogens is 2. The summed E-state index contributed by atoms with van der Waals surface area (Å²) in [4.78, 5) is 27.4. The summed E-state index contributed by atoms with van der Waals surface area (Å²) in [6.07, 6.45) is 6.96. The minimum Gasteiger partial charge on any atom is -0.341 e. The molecular formula is C18H24Cl2N2O2S. The fraction of sp³-hybridized carbons (Fsp3) is 0.556. The molecule has 1 aliphatic rings. The van der Waals surface area contributed by atoms with Crippen molar-refractivity contribution in [3.63, 3.8) is 0 Å².